The Hall–Kier alpha value is -0.360. The van der Waals surface area contributed by atoms with Crippen LogP contribution >= 0.6 is 8.86 Å². The van der Waals surface area contributed by atoms with Crippen LogP contribution in [0.15, 0.2) is 0 Å². The van der Waals surface area contributed by atoms with E-state index in [1.54, 1.807) is 0 Å². The number of amides is 1. The van der Waals surface area contributed by atoms with E-state index in [2.05, 4.69) is 8.86 Å². The molecule has 3 heteroatoms. The van der Waals surface area contributed by atoms with Gasteiger partial charge in [0, 0.05) is 5.29 Å². The molecule has 0 unspecified atom stereocenters. The topological polar surface area (TPSA) is 43.1 Å². The average Bonchev–Trinajstić information content (AvgIpc) is 1.65. The summed E-state index contributed by atoms with van der Waals surface area (Å²) in [6.45, 7) is 1.85. The Morgan fingerprint density at radius 2 is 2.29 bits per heavy atom. The van der Waals surface area contributed by atoms with Gasteiger partial charge in [0.05, 0.1) is 0 Å². The first-order valence-electron chi connectivity index (χ1n) is 2.05. The van der Waals surface area contributed by atoms with Crippen LogP contribution in [0.4, 0.5) is 0 Å². The van der Waals surface area contributed by atoms with Crippen molar-refractivity contribution in [3.63, 3.8) is 0 Å². The zero-order valence-corrected chi connectivity index (χ0v) is 5.19. The van der Waals surface area contributed by atoms with Gasteiger partial charge in [-0.25, -0.2) is 0 Å². The fourth-order valence-electron chi connectivity index (χ4n) is 0.174. The minimum absolute atomic E-state index is 0.376. The molecule has 7 heavy (non-hydrogen) atoms. The minimum Gasteiger partial charge on any atom is -0.366 e. The van der Waals surface area contributed by atoms with Gasteiger partial charge in [-0.1, -0.05) is 6.92 Å². The van der Waals surface area contributed by atoms with Gasteiger partial charge < -0.3 is 5.73 Å². The molecule has 0 bridgehead atoms. The van der Waals surface area contributed by atoms with Crippen LogP contribution in [-0.4, -0.2) is 11.2 Å². The molecular weight excluding hydrogens is 109 g/mol. The molecule has 0 heterocycles. The van der Waals surface area contributed by atoms with Gasteiger partial charge in [0.2, 0.25) is 5.91 Å². The van der Waals surface area contributed by atoms with E-state index >= 15 is 0 Å². The molecule has 40 valence electrons. The molecule has 0 aliphatic carbocycles. The summed E-state index contributed by atoms with van der Waals surface area (Å²) in [5, 5.41) is 0.542. The molecule has 0 aliphatic heterocycles. The lowest BCUT2D eigenvalue weighted by atomic mass is 10.3. The third kappa shape index (κ3) is 2.35. The van der Waals surface area contributed by atoms with Gasteiger partial charge in [-0.3, -0.25) is 4.79 Å². The Bertz CT molecular complexity index is 99.9. The molecule has 0 spiro atoms. The summed E-state index contributed by atoms with van der Waals surface area (Å²) < 4.78 is 0. The molecule has 0 aromatic carbocycles. The van der Waals surface area contributed by atoms with Gasteiger partial charge in [-0.05, 0) is 6.42 Å². The van der Waals surface area contributed by atoms with Crippen molar-refractivity contribution in [1.82, 2.24) is 0 Å². The second-order valence-electron chi connectivity index (χ2n) is 1.20. The van der Waals surface area contributed by atoms with Crippen LogP contribution in [0, 0.1) is 0 Å². The molecule has 0 radical (unpaired) electrons. The third-order valence-electron chi connectivity index (χ3n) is 0.651. The zero-order chi connectivity index (χ0) is 5.86. The highest BCUT2D eigenvalue weighted by Crippen LogP contribution is 1.83. The standard InChI is InChI=1S/C4H8NOP/c1-2-3(7)4(5)6/h7H,2H2,1H3,(H2,5,6). The lowest BCUT2D eigenvalue weighted by Gasteiger charge is -1.88. The molecule has 0 saturated carbocycles. The zero-order valence-electron chi connectivity index (χ0n) is 4.19. The predicted molar refractivity (Wildman–Crippen MR) is 32.8 cm³/mol. The van der Waals surface area contributed by atoms with Crippen molar-refractivity contribution < 1.29 is 4.79 Å². The monoisotopic (exact) mass is 117 g/mol. The first-order valence-corrected chi connectivity index (χ1v) is 2.55. The number of carbonyl (C=O) groups is 1. The Morgan fingerprint density at radius 3 is 2.29 bits per heavy atom. The quantitative estimate of drug-likeness (QED) is 0.516. The summed E-state index contributed by atoms with van der Waals surface area (Å²) in [5.74, 6) is -0.376. The van der Waals surface area contributed by atoms with Gasteiger partial charge in [-0.2, -0.15) is 0 Å². The van der Waals surface area contributed by atoms with Crippen molar-refractivity contribution >= 4 is 20.1 Å². The molecule has 0 atom stereocenters. The van der Waals surface area contributed by atoms with Gasteiger partial charge >= 0.3 is 0 Å². The lowest BCUT2D eigenvalue weighted by Crippen LogP contribution is -2.19. The van der Waals surface area contributed by atoms with E-state index < -0.39 is 0 Å². The number of primary amides is 1. The second kappa shape index (κ2) is 2.75. The van der Waals surface area contributed by atoms with Crippen molar-refractivity contribution in [3.8, 4) is 0 Å². The van der Waals surface area contributed by atoms with Crippen LogP contribution in [0.2, 0.25) is 0 Å². The van der Waals surface area contributed by atoms with Crippen LogP contribution in [0.25, 0.3) is 0 Å². The SMILES string of the molecule is CCC(=P)C(N)=O. The predicted octanol–water partition coefficient (Wildman–Crippen LogP) is 0.197. The summed E-state index contributed by atoms with van der Waals surface area (Å²) in [6.07, 6.45) is 0.673. The van der Waals surface area contributed by atoms with E-state index in [4.69, 9.17) is 5.73 Å². The summed E-state index contributed by atoms with van der Waals surface area (Å²) in [7, 11) is 3.03. The first-order chi connectivity index (χ1) is 3.18. The van der Waals surface area contributed by atoms with Crippen LogP contribution < -0.4 is 5.73 Å². The minimum atomic E-state index is -0.376. The van der Waals surface area contributed by atoms with Crippen molar-refractivity contribution in [3.05, 3.63) is 0 Å². The molecule has 0 fully saturated rings. The lowest BCUT2D eigenvalue weighted by molar-refractivity contribution is -0.111. The van der Waals surface area contributed by atoms with Crippen LogP contribution in [0.5, 0.6) is 0 Å². The summed E-state index contributed by atoms with van der Waals surface area (Å²) in [6, 6.07) is 0. The second-order valence-corrected chi connectivity index (χ2v) is 1.80. The first kappa shape index (κ1) is 6.64. The van der Waals surface area contributed by atoms with E-state index in [9.17, 15) is 4.79 Å². The Balaban J connectivity index is 3.58. The van der Waals surface area contributed by atoms with Gasteiger partial charge in [0.1, 0.15) is 0 Å². The van der Waals surface area contributed by atoms with Crippen molar-refractivity contribution in [1.29, 1.82) is 0 Å². The van der Waals surface area contributed by atoms with Crippen molar-refractivity contribution in [2.24, 2.45) is 5.73 Å². The highest BCUT2D eigenvalue weighted by molar-refractivity contribution is 7.25. The van der Waals surface area contributed by atoms with Gasteiger partial charge in [0.15, 0.2) is 0 Å². The molecule has 2 N–H and O–H groups in total. The summed E-state index contributed by atoms with van der Waals surface area (Å²) in [5.41, 5.74) is 4.82. The fraction of sp³-hybridized carbons (Fsp3) is 0.500. The van der Waals surface area contributed by atoms with E-state index in [0.717, 1.165) is 0 Å². The number of nitrogens with two attached hydrogens (primary N) is 1. The van der Waals surface area contributed by atoms with Crippen molar-refractivity contribution in [2.45, 2.75) is 13.3 Å². The summed E-state index contributed by atoms with van der Waals surface area (Å²) >= 11 is 0. The maximum absolute atomic E-state index is 10.1. The molecule has 0 saturated heterocycles. The van der Waals surface area contributed by atoms with Gasteiger partial charge in [-0.15, -0.1) is 8.86 Å². The Labute approximate surface area is 44.9 Å². The molecule has 1 amide bonds. The smallest absolute Gasteiger partial charge is 0.248 e. The molecular formula is C4H8NOP. The number of hydrogen-bond acceptors (Lipinski definition) is 1. The molecule has 0 aliphatic rings. The fourth-order valence-corrected chi connectivity index (χ4v) is 0.174. The van der Waals surface area contributed by atoms with E-state index in [1.165, 1.54) is 0 Å². The normalized spacial score (nSPS) is 8.14. The van der Waals surface area contributed by atoms with Crippen LogP contribution in [0.3, 0.4) is 0 Å². The highest BCUT2D eigenvalue weighted by Gasteiger charge is 1.94. The van der Waals surface area contributed by atoms with Crippen LogP contribution in [-0.2, 0) is 4.79 Å². The number of rotatable bonds is 2. The molecule has 0 aromatic rings. The van der Waals surface area contributed by atoms with E-state index in [0.29, 0.717) is 11.7 Å². The maximum atomic E-state index is 10.1. The Morgan fingerprint density at radius 1 is 1.86 bits per heavy atom. The third-order valence-corrected chi connectivity index (χ3v) is 1.25. The molecule has 2 nitrogen and oxygen atoms in total. The summed E-state index contributed by atoms with van der Waals surface area (Å²) in [4.78, 5) is 10.1. The average molecular weight is 117 g/mol. The number of hydrogen-bond donors (Lipinski definition) is 1. The molecule has 0 aromatic heterocycles. The highest BCUT2D eigenvalue weighted by atomic mass is 31.0. The van der Waals surface area contributed by atoms with E-state index in [-0.39, 0.29) is 5.91 Å². The number of carbonyl (C=O) groups excluding carboxylic acids is 1. The maximum Gasteiger partial charge on any atom is 0.248 e. The van der Waals surface area contributed by atoms with Crippen LogP contribution in [0.1, 0.15) is 13.3 Å². The largest absolute Gasteiger partial charge is 0.366 e. The Kier molecular flexibility index (Phi) is 2.61. The van der Waals surface area contributed by atoms with E-state index in [1.807, 2.05) is 6.92 Å². The van der Waals surface area contributed by atoms with Gasteiger partial charge in [0.25, 0.3) is 0 Å². The van der Waals surface area contributed by atoms with Crippen molar-refractivity contribution in [2.75, 3.05) is 0 Å². The molecule has 0 rings (SSSR count).